The highest BCUT2D eigenvalue weighted by Gasteiger charge is 2.31. The largest absolute Gasteiger partial charge is 0.469 e. The van der Waals surface area contributed by atoms with Crippen molar-refractivity contribution in [3.63, 3.8) is 0 Å². The molecular formula is C25H36N6O6. The van der Waals surface area contributed by atoms with Crippen LogP contribution in [-0.2, 0) is 36.8 Å². The van der Waals surface area contributed by atoms with Crippen LogP contribution >= 0.6 is 0 Å². The third kappa shape index (κ3) is 9.13. The van der Waals surface area contributed by atoms with Gasteiger partial charge in [0.05, 0.1) is 20.0 Å². The van der Waals surface area contributed by atoms with Crippen LogP contribution in [0, 0.1) is 5.41 Å². The number of benzene rings is 1. The smallest absolute Gasteiger partial charge is 0.327 e. The lowest BCUT2D eigenvalue weighted by atomic mass is 10.1. The van der Waals surface area contributed by atoms with E-state index < -0.39 is 17.6 Å². The fraction of sp³-hybridized carbons (Fsp3) is 0.480. The van der Waals surface area contributed by atoms with Crippen molar-refractivity contribution >= 4 is 29.7 Å². The number of methoxy groups -OCH3 is 1. The van der Waals surface area contributed by atoms with E-state index in [1.54, 1.807) is 37.8 Å². The molecule has 12 heteroatoms. The summed E-state index contributed by atoms with van der Waals surface area (Å²) in [7, 11) is 1.32. The Hall–Kier alpha value is -4.09. The van der Waals surface area contributed by atoms with Gasteiger partial charge in [-0.1, -0.05) is 24.3 Å². The molecule has 202 valence electrons. The zero-order valence-corrected chi connectivity index (χ0v) is 21.8. The molecule has 12 nitrogen and oxygen atoms in total. The van der Waals surface area contributed by atoms with Crippen molar-refractivity contribution < 1.29 is 28.7 Å². The number of esters is 2. The van der Waals surface area contributed by atoms with Gasteiger partial charge in [-0.2, -0.15) is 0 Å². The number of amidine groups is 1. The summed E-state index contributed by atoms with van der Waals surface area (Å²) in [6, 6.07) is 6.71. The molecule has 1 aliphatic heterocycles. The van der Waals surface area contributed by atoms with Gasteiger partial charge in [0.1, 0.15) is 17.1 Å². The van der Waals surface area contributed by atoms with Gasteiger partial charge in [-0.3, -0.25) is 24.7 Å². The molecule has 0 atom stereocenters. The number of carbonyl (C=O) groups is 4. The van der Waals surface area contributed by atoms with Crippen LogP contribution in [0.2, 0.25) is 0 Å². The molecule has 0 saturated carbocycles. The number of rotatable bonds is 11. The Morgan fingerprint density at radius 1 is 1.11 bits per heavy atom. The van der Waals surface area contributed by atoms with E-state index in [4.69, 9.17) is 26.4 Å². The van der Waals surface area contributed by atoms with Crippen LogP contribution in [0.1, 0.15) is 51.2 Å². The summed E-state index contributed by atoms with van der Waals surface area (Å²) in [4.78, 5) is 51.8. The minimum absolute atomic E-state index is 0.0482. The molecule has 1 heterocycles. The quantitative estimate of drug-likeness (QED) is 0.318. The highest BCUT2D eigenvalue weighted by atomic mass is 16.6. The Bertz CT molecular complexity index is 1070. The SMILES string of the molecule is COC(=O)Cc1cccc(CN(CCCN2C(=N)C(=C(N)N)NC2=O)C(=O)CCC(=O)OC(C)(C)C)c1. The van der Waals surface area contributed by atoms with Gasteiger partial charge in [-0.15, -0.1) is 0 Å². The third-order valence-corrected chi connectivity index (χ3v) is 5.34. The number of amides is 3. The zero-order valence-electron chi connectivity index (χ0n) is 21.8. The van der Waals surface area contributed by atoms with Crippen molar-refractivity contribution in [1.82, 2.24) is 15.1 Å². The van der Waals surface area contributed by atoms with Crippen molar-refractivity contribution in [2.75, 3.05) is 20.2 Å². The fourth-order valence-corrected chi connectivity index (χ4v) is 3.66. The number of ether oxygens (including phenoxy) is 2. The first-order valence-corrected chi connectivity index (χ1v) is 11.9. The van der Waals surface area contributed by atoms with Gasteiger partial charge in [-0.05, 0) is 38.3 Å². The minimum atomic E-state index is -0.652. The lowest BCUT2D eigenvalue weighted by molar-refractivity contribution is -0.156. The van der Waals surface area contributed by atoms with Crippen LogP contribution in [0.25, 0.3) is 0 Å². The first-order valence-electron chi connectivity index (χ1n) is 11.9. The Balaban J connectivity index is 2.10. The summed E-state index contributed by atoms with van der Waals surface area (Å²) >= 11 is 0. The lowest BCUT2D eigenvalue weighted by Crippen LogP contribution is -2.36. The summed E-state index contributed by atoms with van der Waals surface area (Å²) in [5.41, 5.74) is 12.0. The Labute approximate surface area is 216 Å². The molecule has 0 bridgehead atoms. The lowest BCUT2D eigenvalue weighted by Gasteiger charge is -2.25. The average molecular weight is 517 g/mol. The second kappa shape index (κ2) is 12.7. The molecule has 0 aliphatic carbocycles. The van der Waals surface area contributed by atoms with E-state index in [1.165, 1.54) is 12.0 Å². The van der Waals surface area contributed by atoms with Crippen LogP contribution in [0.5, 0.6) is 0 Å². The van der Waals surface area contributed by atoms with E-state index in [0.717, 1.165) is 11.1 Å². The van der Waals surface area contributed by atoms with Gasteiger partial charge in [0, 0.05) is 26.1 Å². The molecular weight excluding hydrogens is 480 g/mol. The van der Waals surface area contributed by atoms with Crippen molar-refractivity contribution in [2.24, 2.45) is 11.5 Å². The Morgan fingerprint density at radius 2 is 1.78 bits per heavy atom. The predicted octanol–water partition coefficient (Wildman–Crippen LogP) is 1.33. The Kier molecular flexibility index (Phi) is 10.0. The molecule has 0 radical (unpaired) electrons. The van der Waals surface area contributed by atoms with Gasteiger partial charge in [0.15, 0.2) is 5.84 Å². The number of nitrogens with zero attached hydrogens (tertiary/aromatic N) is 2. The summed E-state index contributed by atoms with van der Waals surface area (Å²) in [6.45, 7) is 5.90. The van der Waals surface area contributed by atoms with E-state index in [-0.39, 0.29) is 68.1 Å². The van der Waals surface area contributed by atoms with E-state index in [2.05, 4.69) is 5.32 Å². The van der Waals surface area contributed by atoms with Crippen LogP contribution in [0.3, 0.4) is 0 Å². The molecule has 1 saturated heterocycles. The average Bonchev–Trinajstić information content (AvgIpc) is 3.09. The Morgan fingerprint density at radius 3 is 2.38 bits per heavy atom. The molecule has 0 unspecified atom stereocenters. The molecule has 1 fully saturated rings. The summed E-state index contributed by atoms with van der Waals surface area (Å²) in [6.07, 6.45) is 0.336. The van der Waals surface area contributed by atoms with Gasteiger partial charge in [0.25, 0.3) is 0 Å². The van der Waals surface area contributed by atoms with E-state index in [0.29, 0.717) is 6.42 Å². The normalized spacial score (nSPS) is 13.3. The number of carbonyl (C=O) groups excluding carboxylic acids is 4. The summed E-state index contributed by atoms with van der Waals surface area (Å²) in [5.74, 6) is -1.41. The molecule has 0 spiro atoms. The first-order chi connectivity index (χ1) is 17.3. The summed E-state index contributed by atoms with van der Waals surface area (Å²) < 4.78 is 10.0. The number of nitrogens with one attached hydrogen (secondary N) is 2. The molecule has 2 rings (SSSR count). The summed E-state index contributed by atoms with van der Waals surface area (Å²) in [5, 5.41) is 10.6. The highest BCUT2D eigenvalue weighted by molar-refractivity contribution is 6.13. The molecule has 1 aromatic carbocycles. The van der Waals surface area contributed by atoms with Crippen molar-refractivity contribution in [1.29, 1.82) is 5.41 Å². The standard InChI is InChI=1S/C25H36N6O6/c1-25(2,3)37-19(33)10-9-18(32)30(15-17-8-5-7-16(13-17)14-20(34)36-4)11-6-12-31-23(28)21(22(26)27)29-24(31)35/h5,7-8,13,28H,6,9-12,14-15,26-27H2,1-4H3,(H,29,35). The molecule has 37 heavy (non-hydrogen) atoms. The fourth-order valence-electron chi connectivity index (χ4n) is 3.66. The molecule has 6 N–H and O–H groups in total. The maximum Gasteiger partial charge on any atom is 0.327 e. The van der Waals surface area contributed by atoms with Crippen LogP contribution < -0.4 is 16.8 Å². The van der Waals surface area contributed by atoms with E-state index >= 15 is 0 Å². The number of hydrogen-bond donors (Lipinski definition) is 4. The van der Waals surface area contributed by atoms with Gasteiger partial charge < -0.3 is 31.2 Å². The van der Waals surface area contributed by atoms with Crippen molar-refractivity contribution in [3.8, 4) is 0 Å². The monoisotopic (exact) mass is 516 g/mol. The first kappa shape index (κ1) is 29.1. The van der Waals surface area contributed by atoms with Crippen molar-refractivity contribution in [2.45, 2.75) is 58.6 Å². The predicted molar refractivity (Wildman–Crippen MR) is 136 cm³/mol. The van der Waals surface area contributed by atoms with Crippen LogP contribution in [0.15, 0.2) is 35.8 Å². The topological polar surface area (TPSA) is 181 Å². The minimum Gasteiger partial charge on any atom is -0.469 e. The van der Waals surface area contributed by atoms with Crippen molar-refractivity contribution in [3.05, 3.63) is 46.9 Å². The number of hydrogen-bond acceptors (Lipinski definition) is 9. The molecule has 3 amide bonds. The van der Waals surface area contributed by atoms with Gasteiger partial charge in [-0.25, -0.2) is 4.79 Å². The zero-order chi connectivity index (χ0) is 27.8. The van der Waals surface area contributed by atoms with Crippen LogP contribution in [-0.4, -0.2) is 65.3 Å². The maximum absolute atomic E-state index is 13.1. The second-order valence-electron chi connectivity index (χ2n) is 9.59. The molecule has 0 aromatic heterocycles. The second-order valence-corrected chi connectivity index (χ2v) is 9.59. The number of urea groups is 1. The molecule has 1 aromatic rings. The highest BCUT2D eigenvalue weighted by Crippen LogP contribution is 2.15. The third-order valence-electron chi connectivity index (χ3n) is 5.34. The van der Waals surface area contributed by atoms with Gasteiger partial charge >= 0.3 is 18.0 Å². The van der Waals surface area contributed by atoms with Gasteiger partial charge in [0.2, 0.25) is 5.91 Å². The van der Waals surface area contributed by atoms with Crippen LogP contribution in [0.4, 0.5) is 4.79 Å². The number of nitrogens with two attached hydrogens (primary N) is 2. The van der Waals surface area contributed by atoms with E-state index in [1.807, 2.05) is 12.1 Å². The maximum atomic E-state index is 13.1. The van der Waals surface area contributed by atoms with E-state index in [9.17, 15) is 19.2 Å². The molecule has 1 aliphatic rings.